The summed E-state index contributed by atoms with van der Waals surface area (Å²) in [5.74, 6) is 0.150. The number of hydrogen-bond donors (Lipinski definition) is 1. The van der Waals surface area contributed by atoms with Gasteiger partial charge >= 0.3 is 0 Å². The molecule has 0 radical (unpaired) electrons. The van der Waals surface area contributed by atoms with Gasteiger partial charge in [-0.2, -0.15) is 0 Å². The molecule has 0 saturated carbocycles. The van der Waals surface area contributed by atoms with Gasteiger partial charge in [-0.05, 0) is 25.0 Å². The van der Waals surface area contributed by atoms with E-state index in [1.807, 2.05) is 30.3 Å². The molecule has 1 fully saturated rings. The molecular formula is C13H18N2O3S. The summed E-state index contributed by atoms with van der Waals surface area (Å²) in [5, 5.41) is 0. The van der Waals surface area contributed by atoms with E-state index >= 15 is 0 Å². The second-order valence-corrected chi connectivity index (χ2v) is 6.76. The van der Waals surface area contributed by atoms with Crippen LogP contribution in [0, 0.1) is 5.92 Å². The summed E-state index contributed by atoms with van der Waals surface area (Å²) in [6, 6.07) is 9.44. The molecule has 1 aromatic rings. The van der Waals surface area contributed by atoms with Gasteiger partial charge in [-0.15, -0.1) is 0 Å². The Bertz CT molecular complexity index is 542. The van der Waals surface area contributed by atoms with Crippen molar-refractivity contribution in [3.63, 3.8) is 0 Å². The van der Waals surface area contributed by atoms with E-state index in [-0.39, 0.29) is 17.6 Å². The van der Waals surface area contributed by atoms with E-state index in [2.05, 4.69) is 4.72 Å². The summed E-state index contributed by atoms with van der Waals surface area (Å²) in [5.41, 5.74) is 0.869. The molecule has 19 heavy (non-hydrogen) atoms. The molecule has 1 amide bonds. The number of carbonyl (C=O) groups is 1. The third kappa shape index (κ3) is 3.54. The van der Waals surface area contributed by atoms with Crippen molar-refractivity contribution in [2.24, 2.45) is 5.92 Å². The van der Waals surface area contributed by atoms with Gasteiger partial charge in [0.1, 0.15) is 0 Å². The molecule has 1 saturated heterocycles. The molecule has 1 aromatic carbocycles. The van der Waals surface area contributed by atoms with Gasteiger partial charge in [0.05, 0.1) is 5.75 Å². The second kappa shape index (κ2) is 5.71. The molecule has 1 N–H and O–H groups in total. The summed E-state index contributed by atoms with van der Waals surface area (Å²) in [6.45, 7) is 2.48. The third-order valence-electron chi connectivity index (χ3n) is 3.24. The number of carbonyl (C=O) groups excluding carboxylic acids is 1. The lowest BCUT2D eigenvalue weighted by Crippen LogP contribution is -2.32. The van der Waals surface area contributed by atoms with Crippen molar-refractivity contribution in [2.75, 3.05) is 23.7 Å². The molecule has 1 aliphatic heterocycles. The molecule has 6 heteroatoms. The number of nitrogens with one attached hydrogen (secondary N) is 1. The highest BCUT2D eigenvalue weighted by molar-refractivity contribution is 7.89. The second-order valence-electron chi connectivity index (χ2n) is 4.66. The Hall–Kier alpha value is -1.40. The van der Waals surface area contributed by atoms with Crippen LogP contribution in [0.15, 0.2) is 30.3 Å². The van der Waals surface area contributed by atoms with Gasteiger partial charge in [-0.1, -0.05) is 18.2 Å². The quantitative estimate of drug-likeness (QED) is 0.875. The normalized spacial score (nSPS) is 19.9. The predicted octanol–water partition coefficient (Wildman–Crippen LogP) is 0.979. The Balaban J connectivity index is 1.97. The first-order valence-corrected chi connectivity index (χ1v) is 8.00. The van der Waals surface area contributed by atoms with Gasteiger partial charge in [0.15, 0.2) is 0 Å². The monoisotopic (exact) mass is 282 g/mol. The van der Waals surface area contributed by atoms with Gasteiger partial charge in [0.25, 0.3) is 0 Å². The Morgan fingerprint density at radius 2 is 2.00 bits per heavy atom. The minimum Gasteiger partial charge on any atom is -0.312 e. The number of hydrogen-bond acceptors (Lipinski definition) is 3. The largest absolute Gasteiger partial charge is 0.312 e. The summed E-state index contributed by atoms with van der Waals surface area (Å²) < 4.78 is 25.3. The van der Waals surface area contributed by atoms with E-state index in [0.717, 1.165) is 5.69 Å². The van der Waals surface area contributed by atoms with E-state index < -0.39 is 10.0 Å². The topological polar surface area (TPSA) is 66.5 Å². The third-order valence-corrected chi connectivity index (χ3v) is 4.61. The van der Waals surface area contributed by atoms with Crippen molar-refractivity contribution in [1.82, 2.24) is 4.72 Å². The number of para-hydroxylation sites is 1. The summed E-state index contributed by atoms with van der Waals surface area (Å²) >= 11 is 0. The first-order valence-electron chi connectivity index (χ1n) is 6.34. The maximum atomic E-state index is 11.9. The smallest absolute Gasteiger partial charge is 0.227 e. The zero-order valence-corrected chi connectivity index (χ0v) is 11.7. The number of anilines is 1. The highest BCUT2D eigenvalue weighted by Gasteiger charge is 2.30. The van der Waals surface area contributed by atoms with Crippen LogP contribution in [-0.4, -0.2) is 33.2 Å². The lowest BCUT2D eigenvalue weighted by atomic mass is 10.1. The Labute approximate surface area is 113 Å². The molecule has 104 valence electrons. The fourth-order valence-electron chi connectivity index (χ4n) is 2.12. The molecular weight excluding hydrogens is 264 g/mol. The first kappa shape index (κ1) is 14.0. The predicted molar refractivity (Wildman–Crippen MR) is 74.4 cm³/mol. The zero-order chi connectivity index (χ0) is 13.9. The fraction of sp³-hybridized carbons (Fsp3) is 0.462. The van der Waals surface area contributed by atoms with E-state index in [4.69, 9.17) is 0 Å². The van der Waals surface area contributed by atoms with Gasteiger partial charge < -0.3 is 4.90 Å². The standard InChI is InChI=1S/C13H18N2O3S/c1-2-19(17,18)14-9-11-8-13(16)15(10-11)12-6-4-3-5-7-12/h3-7,11,14H,2,8-10H2,1H3. The molecule has 1 aliphatic rings. The molecule has 1 atom stereocenters. The number of rotatable bonds is 5. The van der Waals surface area contributed by atoms with Gasteiger partial charge in [0, 0.05) is 25.2 Å². The van der Waals surface area contributed by atoms with Crippen molar-refractivity contribution < 1.29 is 13.2 Å². The van der Waals surface area contributed by atoms with Crippen LogP contribution in [0.2, 0.25) is 0 Å². The van der Waals surface area contributed by atoms with Crippen LogP contribution >= 0.6 is 0 Å². The molecule has 0 spiro atoms. The van der Waals surface area contributed by atoms with Crippen molar-refractivity contribution in [3.8, 4) is 0 Å². The molecule has 1 unspecified atom stereocenters. The lowest BCUT2D eigenvalue weighted by Gasteiger charge is -2.16. The molecule has 5 nitrogen and oxygen atoms in total. The van der Waals surface area contributed by atoms with Crippen LogP contribution in [0.25, 0.3) is 0 Å². The summed E-state index contributed by atoms with van der Waals surface area (Å²) in [4.78, 5) is 13.6. The maximum Gasteiger partial charge on any atom is 0.227 e. The van der Waals surface area contributed by atoms with Crippen LogP contribution in [0.5, 0.6) is 0 Å². The van der Waals surface area contributed by atoms with Crippen LogP contribution in [-0.2, 0) is 14.8 Å². The van der Waals surface area contributed by atoms with Crippen LogP contribution in [0.4, 0.5) is 5.69 Å². The molecule has 0 aliphatic carbocycles. The highest BCUT2D eigenvalue weighted by atomic mass is 32.2. The minimum atomic E-state index is -3.19. The molecule has 2 rings (SSSR count). The Morgan fingerprint density at radius 1 is 1.32 bits per heavy atom. The molecule has 1 heterocycles. The fourth-order valence-corrected chi connectivity index (χ4v) is 2.82. The van der Waals surface area contributed by atoms with Crippen LogP contribution < -0.4 is 9.62 Å². The number of nitrogens with zero attached hydrogens (tertiary/aromatic N) is 1. The SMILES string of the molecule is CCS(=O)(=O)NCC1CC(=O)N(c2ccccc2)C1. The average molecular weight is 282 g/mol. The number of benzene rings is 1. The van der Waals surface area contributed by atoms with E-state index in [0.29, 0.717) is 19.5 Å². The molecule has 0 aromatic heterocycles. The first-order chi connectivity index (χ1) is 9.02. The van der Waals surface area contributed by atoms with E-state index in [1.165, 1.54) is 0 Å². The Kier molecular flexibility index (Phi) is 4.21. The van der Waals surface area contributed by atoms with E-state index in [9.17, 15) is 13.2 Å². The minimum absolute atomic E-state index is 0.0361. The van der Waals surface area contributed by atoms with Crippen LogP contribution in [0.1, 0.15) is 13.3 Å². The summed E-state index contributed by atoms with van der Waals surface area (Å²) in [7, 11) is -3.19. The number of sulfonamides is 1. The average Bonchev–Trinajstić information content (AvgIpc) is 2.79. The van der Waals surface area contributed by atoms with Gasteiger partial charge in [-0.25, -0.2) is 13.1 Å². The maximum absolute atomic E-state index is 11.9. The molecule has 0 bridgehead atoms. The Morgan fingerprint density at radius 3 is 2.63 bits per heavy atom. The summed E-state index contributed by atoms with van der Waals surface area (Å²) in [6.07, 6.45) is 0.390. The van der Waals surface area contributed by atoms with Crippen molar-refractivity contribution in [1.29, 1.82) is 0 Å². The number of amides is 1. The highest BCUT2D eigenvalue weighted by Crippen LogP contribution is 2.24. The van der Waals surface area contributed by atoms with Gasteiger partial charge in [0.2, 0.25) is 15.9 Å². The van der Waals surface area contributed by atoms with Crippen molar-refractivity contribution >= 4 is 21.6 Å². The van der Waals surface area contributed by atoms with Crippen molar-refractivity contribution in [2.45, 2.75) is 13.3 Å². The van der Waals surface area contributed by atoms with E-state index in [1.54, 1.807) is 11.8 Å². The van der Waals surface area contributed by atoms with Crippen molar-refractivity contribution in [3.05, 3.63) is 30.3 Å². The van der Waals surface area contributed by atoms with Gasteiger partial charge in [-0.3, -0.25) is 4.79 Å². The lowest BCUT2D eigenvalue weighted by molar-refractivity contribution is -0.117. The zero-order valence-electron chi connectivity index (χ0n) is 10.9. The van der Waals surface area contributed by atoms with Crippen LogP contribution in [0.3, 0.4) is 0 Å².